The predicted octanol–water partition coefficient (Wildman–Crippen LogP) is 2.86. The summed E-state index contributed by atoms with van der Waals surface area (Å²) in [5.41, 5.74) is 1.24. The van der Waals surface area contributed by atoms with Crippen LogP contribution in [-0.2, 0) is 4.74 Å². The van der Waals surface area contributed by atoms with Gasteiger partial charge in [-0.2, -0.15) is 0 Å². The Bertz CT molecular complexity index is 1030. The Morgan fingerprint density at radius 3 is 2.63 bits per heavy atom. The van der Waals surface area contributed by atoms with Gasteiger partial charge in [-0.25, -0.2) is 4.99 Å². The molecule has 2 aromatic carbocycles. The summed E-state index contributed by atoms with van der Waals surface area (Å²) in [6, 6.07) is 14.8. The van der Waals surface area contributed by atoms with E-state index in [0.29, 0.717) is 11.3 Å². The molecule has 2 aliphatic heterocycles. The summed E-state index contributed by atoms with van der Waals surface area (Å²) in [6.45, 7) is -8.17. The number of aliphatic imine (C=N–C) groups is 1. The third kappa shape index (κ3) is 4.35. The maximum atomic E-state index is 8.89. The van der Waals surface area contributed by atoms with E-state index in [9.17, 15) is 0 Å². The van der Waals surface area contributed by atoms with E-state index in [4.69, 9.17) is 23.1 Å². The molecule has 0 radical (unpaired) electrons. The molecular formula is C21H25N3O2S. The van der Waals surface area contributed by atoms with Gasteiger partial charge in [0.1, 0.15) is 5.84 Å². The molecule has 0 saturated carbocycles. The Kier molecular flexibility index (Phi) is 4.14. The van der Waals surface area contributed by atoms with E-state index in [1.165, 1.54) is 11.8 Å². The molecule has 2 aliphatic rings. The van der Waals surface area contributed by atoms with E-state index < -0.39 is 39.2 Å². The monoisotopic (exact) mass is 389 g/mol. The number of nitrogens with zero attached hydrogens (tertiary/aromatic N) is 3. The molecule has 0 spiro atoms. The number of amidine groups is 1. The van der Waals surface area contributed by atoms with Crippen LogP contribution in [0.5, 0.6) is 0 Å². The highest BCUT2D eigenvalue weighted by Crippen LogP contribution is 2.40. The first-order chi connectivity index (χ1) is 15.5. The van der Waals surface area contributed by atoms with Gasteiger partial charge in [0, 0.05) is 50.7 Å². The second-order valence-electron chi connectivity index (χ2n) is 5.94. The summed E-state index contributed by atoms with van der Waals surface area (Å²) in [5.74, 6) is 0.176. The van der Waals surface area contributed by atoms with Gasteiger partial charge in [-0.15, -0.1) is 0 Å². The van der Waals surface area contributed by atoms with Crippen molar-refractivity contribution in [2.75, 3.05) is 52.4 Å². The number of para-hydroxylation sites is 1. The van der Waals surface area contributed by atoms with Crippen LogP contribution in [0.1, 0.15) is 13.8 Å². The summed E-state index contributed by atoms with van der Waals surface area (Å²) in [6.07, 6.45) is 0. The van der Waals surface area contributed by atoms with Gasteiger partial charge in [0.15, 0.2) is 0 Å². The number of hydrogen-bond acceptors (Lipinski definition) is 6. The van der Waals surface area contributed by atoms with Crippen LogP contribution in [0.4, 0.5) is 5.69 Å². The molecule has 4 rings (SSSR count). The second-order valence-corrected chi connectivity index (χ2v) is 7.03. The van der Waals surface area contributed by atoms with Gasteiger partial charge in [0.2, 0.25) is 0 Å². The minimum atomic E-state index is -2.28. The number of piperazine rings is 1. The first kappa shape index (κ1) is 12.6. The zero-order chi connectivity index (χ0) is 23.9. The van der Waals surface area contributed by atoms with Gasteiger partial charge in [-0.05, 0) is 18.2 Å². The SMILES string of the molecule is [2H]C([2H])(COCCO)N1CC([2H])([2H])N(C2=Nc3ccccc3Sc3ccccc32)C([2H])([2H])C1. The van der Waals surface area contributed by atoms with Crippen molar-refractivity contribution in [2.45, 2.75) is 9.79 Å². The highest BCUT2D eigenvalue weighted by atomic mass is 32.2. The number of benzene rings is 2. The van der Waals surface area contributed by atoms with E-state index in [1.807, 2.05) is 42.5 Å². The number of aliphatic hydroxyl groups is 1. The standard InChI is InChI=1S/C21H25N3O2S/c25-14-16-26-15-13-23-9-11-24(12-10-23)21-17-5-1-3-7-19(17)27-20-8-4-2-6-18(20)22-21/h1-8,25H,9-16H2/i11D2,12D2,13D2. The quantitative estimate of drug-likeness (QED) is 0.797. The van der Waals surface area contributed by atoms with Crippen LogP contribution in [0.3, 0.4) is 0 Å². The largest absolute Gasteiger partial charge is 0.394 e. The summed E-state index contributed by atoms with van der Waals surface area (Å²) < 4.78 is 56.8. The number of rotatable bonds is 5. The molecule has 6 heteroatoms. The van der Waals surface area contributed by atoms with Crippen molar-refractivity contribution in [1.29, 1.82) is 0 Å². The third-order valence-corrected chi connectivity index (χ3v) is 5.26. The molecule has 1 N–H and O–H groups in total. The molecular weight excluding hydrogens is 358 g/mol. The average molecular weight is 390 g/mol. The van der Waals surface area contributed by atoms with E-state index in [1.54, 1.807) is 6.07 Å². The van der Waals surface area contributed by atoms with Crippen LogP contribution >= 0.6 is 11.8 Å². The number of hydrogen-bond donors (Lipinski definition) is 1. The fourth-order valence-electron chi connectivity index (χ4n) is 2.80. The fourth-order valence-corrected chi connectivity index (χ4v) is 3.82. The van der Waals surface area contributed by atoms with Gasteiger partial charge < -0.3 is 14.7 Å². The lowest BCUT2D eigenvalue weighted by Crippen LogP contribution is -2.49. The summed E-state index contributed by atoms with van der Waals surface area (Å²) in [4.78, 5) is 8.60. The summed E-state index contributed by atoms with van der Waals surface area (Å²) >= 11 is 1.49. The summed E-state index contributed by atoms with van der Waals surface area (Å²) in [5, 5.41) is 8.89. The Hall–Kier alpha value is -1.86. The maximum Gasteiger partial charge on any atom is 0.137 e. The molecule has 0 atom stereocenters. The van der Waals surface area contributed by atoms with E-state index in [2.05, 4.69) is 0 Å². The van der Waals surface area contributed by atoms with E-state index >= 15 is 0 Å². The predicted molar refractivity (Wildman–Crippen MR) is 109 cm³/mol. The topological polar surface area (TPSA) is 48.3 Å². The zero-order valence-electron chi connectivity index (χ0n) is 20.8. The van der Waals surface area contributed by atoms with Gasteiger partial charge >= 0.3 is 0 Å². The first-order valence-electron chi connectivity index (χ1n) is 11.7. The lowest BCUT2D eigenvalue weighted by molar-refractivity contribution is 0.0652. The van der Waals surface area contributed by atoms with Crippen LogP contribution in [0.25, 0.3) is 0 Å². The first-order valence-corrected chi connectivity index (χ1v) is 9.56. The van der Waals surface area contributed by atoms with Crippen LogP contribution in [0.15, 0.2) is 63.3 Å². The van der Waals surface area contributed by atoms with Gasteiger partial charge in [-0.1, -0.05) is 42.1 Å². The van der Waals surface area contributed by atoms with Crippen molar-refractivity contribution in [3.63, 3.8) is 0 Å². The molecule has 27 heavy (non-hydrogen) atoms. The summed E-state index contributed by atoms with van der Waals surface area (Å²) in [7, 11) is 0. The molecule has 0 aliphatic carbocycles. The van der Waals surface area contributed by atoms with Crippen LogP contribution in [0.2, 0.25) is 0 Å². The molecule has 2 aromatic rings. The van der Waals surface area contributed by atoms with Gasteiger partial charge in [0.05, 0.1) is 31.0 Å². The van der Waals surface area contributed by atoms with Crippen LogP contribution < -0.4 is 0 Å². The van der Waals surface area contributed by atoms with E-state index in [-0.39, 0.29) is 19.0 Å². The van der Waals surface area contributed by atoms with Crippen molar-refractivity contribution in [3.05, 3.63) is 54.1 Å². The molecule has 0 bridgehead atoms. The number of aliphatic hydroxyl groups excluding tert-OH is 1. The van der Waals surface area contributed by atoms with Crippen LogP contribution in [-0.4, -0.2) is 73.1 Å². The Balaban J connectivity index is 1.75. The smallest absolute Gasteiger partial charge is 0.137 e. The molecule has 0 aromatic heterocycles. The van der Waals surface area contributed by atoms with Gasteiger partial charge in [-0.3, -0.25) is 4.90 Å². The average Bonchev–Trinajstić information content (AvgIpc) is 2.89. The minimum absolute atomic E-state index is 0.0517. The Morgan fingerprint density at radius 2 is 1.81 bits per heavy atom. The van der Waals surface area contributed by atoms with Crippen LogP contribution in [0, 0.1) is 0 Å². The molecule has 2 heterocycles. The van der Waals surface area contributed by atoms with Crippen molar-refractivity contribution >= 4 is 23.3 Å². The Labute approximate surface area is 173 Å². The molecule has 0 amide bonds. The van der Waals surface area contributed by atoms with Crippen molar-refractivity contribution < 1.29 is 18.1 Å². The molecule has 1 saturated heterocycles. The lowest BCUT2D eigenvalue weighted by atomic mass is 10.1. The van der Waals surface area contributed by atoms with Crippen molar-refractivity contribution in [2.24, 2.45) is 4.99 Å². The number of fused-ring (bicyclic) bond motifs is 2. The Morgan fingerprint density at radius 1 is 1.07 bits per heavy atom. The highest BCUT2D eigenvalue weighted by molar-refractivity contribution is 7.99. The molecule has 1 fully saturated rings. The number of ether oxygens (including phenoxy) is 1. The highest BCUT2D eigenvalue weighted by Gasteiger charge is 2.24. The second kappa shape index (κ2) is 8.89. The normalized spacial score (nSPS) is 24.6. The van der Waals surface area contributed by atoms with Crippen molar-refractivity contribution in [3.8, 4) is 0 Å². The zero-order valence-corrected chi connectivity index (χ0v) is 15.6. The van der Waals surface area contributed by atoms with Gasteiger partial charge in [0.25, 0.3) is 0 Å². The lowest BCUT2D eigenvalue weighted by Gasteiger charge is -2.36. The molecule has 0 unspecified atom stereocenters. The fraction of sp³-hybridized carbons (Fsp3) is 0.381. The molecule has 5 nitrogen and oxygen atoms in total. The third-order valence-electron chi connectivity index (χ3n) is 4.12. The van der Waals surface area contributed by atoms with E-state index in [0.717, 1.165) is 19.6 Å². The maximum absolute atomic E-state index is 8.89. The molecule has 142 valence electrons. The van der Waals surface area contributed by atoms with Crippen molar-refractivity contribution in [1.82, 2.24) is 9.80 Å². The minimum Gasteiger partial charge on any atom is -0.394 e.